The van der Waals surface area contributed by atoms with E-state index in [0.717, 1.165) is 72.4 Å². The fraction of sp³-hybridized carbons (Fsp3) is 0.250. The molecule has 0 radical (unpaired) electrons. The summed E-state index contributed by atoms with van der Waals surface area (Å²) in [6.45, 7) is 13.9. The van der Waals surface area contributed by atoms with Crippen LogP contribution in [0.25, 0.3) is 83.9 Å². The molecule has 9 aromatic rings. The summed E-state index contributed by atoms with van der Waals surface area (Å²) in [6.07, 6.45) is 1.73. The highest BCUT2D eigenvalue weighted by Gasteiger charge is 2.35. The lowest BCUT2D eigenvalue weighted by Crippen LogP contribution is -2.34. The fourth-order valence-corrected chi connectivity index (χ4v) is 9.11. The van der Waals surface area contributed by atoms with Crippen molar-refractivity contribution in [2.75, 3.05) is 0 Å². The molecule has 0 bridgehead atoms. The van der Waals surface area contributed by atoms with Crippen LogP contribution < -0.4 is 0 Å². The van der Waals surface area contributed by atoms with Crippen LogP contribution in [0.15, 0.2) is 170 Å². The third-order valence-corrected chi connectivity index (χ3v) is 14.2. The Balaban J connectivity index is 1.29. The molecule has 2 aromatic heterocycles. The summed E-state index contributed by atoms with van der Waals surface area (Å²) in [5.74, 6) is -1.74. The Labute approximate surface area is 414 Å². The minimum atomic E-state index is -3.09. The second-order valence-corrected chi connectivity index (χ2v) is 20.3. The average Bonchev–Trinajstić information content (AvgIpc) is 3.79. The standard InChI is InChI=1S/C64H65N3O/c1-40(2)43-25-27-45(28-26-43)47-31-32-65-57(38-47)51-34-49(44-19-14-12-15-20-44)33-50(35-51)53-23-18-24-59-60(53)66-62(56-37-48(41(3)4)36-54(42(5)6)61(56)68)67(59)58-30-29-52(64(10,11)63(7,8)9)39-55(58)46-21-16-13-17-22-46/h12-42,68H,1-11H3/i1D3,2D3,40D. The van der Waals surface area contributed by atoms with Crippen molar-refractivity contribution in [2.24, 2.45) is 5.41 Å². The van der Waals surface area contributed by atoms with Crippen LogP contribution in [-0.4, -0.2) is 19.6 Å². The number of hydrogen-bond acceptors (Lipinski definition) is 3. The number of benzene rings is 7. The lowest BCUT2D eigenvalue weighted by molar-refractivity contribution is 0.225. The molecule has 0 spiro atoms. The number of aromatic nitrogens is 3. The summed E-state index contributed by atoms with van der Waals surface area (Å²) >= 11 is 0. The number of nitrogens with zero attached hydrogens (tertiary/aromatic N) is 3. The molecule has 0 aliphatic carbocycles. The van der Waals surface area contributed by atoms with Crippen LogP contribution in [0.5, 0.6) is 5.75 Å². The van der Waals surface area contributed by atoms with Crippen LogP contribution in [0.2, 0.25) is 0 Å². The maximum atomic E-state index is 12.5. The molecule has 68 heavy (non-hydrogen) atoms. The van der Waals surface area contributed by atoms with Gasteiger partial charge in [-0.05, 0) is 139 Å². The van der Waals surface area contributed by atoms with Gasteiger partial charge < -0.3 is 5.11 Å². The number of phenolic OH excluding ortho intramolecular Hbond substituents is 1. The first-order valence-corrected chi connectivity index (χ1v) is 23.7. The van der Waals surface area contributed by atoms with Crippen molar-refractivity contribution >= 4 is 11.0 Å². The first-order chi connectivity index (χ1) is 35.3. The zero-order valence-corrected chi connectivity index (χ0v) is 40.6. The van der Waals surface area contributed by atoms with Gasteiger partial charge in [0.25, 0.3) is 0 Å². The molecule has 4 nitrogen and oxygen atoms in total. The lowest BCUT2D eigenvalue weighted by Gasteiger charge is -2.40. The molecule has 0 amide bonds. The van der Waals surface area contributed by atoms with Crippen molar-refractivity contribution < 1.29 is 14.7 Å². The highest BCUT2D eigenvalue weighted by molar-refractivity contribution is 5.98. The minimum absolute atomic E-state index is 0.0434. The predicted molar refractivity (Wildman–Crippen MR) is 288 cm³/mol. The van der Waals surface area contributed by atoms with E-state index in [9.17, 15) is 5.11 Å². The molecule has 9 rings (SSSR count). The summed E-state index contributed by atoms with van der Waals surface area (Å²) in [4.78, 5) is 10.6. The maximum absolute atomic E-state index is 12.5. The highest BCUT2D eigenvalue weighted by atomic mass is 16.3. The zero-order chi connectivity index (χ0) is 54.0. The molecule has 7 aromatic carbocycles. The van der Waals surface area contributed by atoms with Crippen LogP contribution in [-0.2, 0) is 5.41 Å². The number of para-hydroxylation sites is 1. The summed E-state index contributed by atoms with van der Waals surface area (Å²) in [6, 6.07) is 54.4. The van der Waals surface area contributed by atoms with E-state index in [1.807, 2.05) is 36.4 Å². The molecule has 0 aliphatic heterocycles. The van der Waals surface area contributed by atoms with E-state index < -0.39 is 19.6 Å². The predicted octanol–water partition coefficient (Wildman–Crippen LogP) is 17.8. The molecule has 1 N–H and O–H groups in total. The SMILES string of the molecule is [2H]C([2H])([2H])C([2H])(c1ccc(-c2ccnc(-c3cc(-c4ccccc4)cc(-c4cccc5c4nc(-c4cc(C(C)C)cc(C(C)C)c4O)n5-c4ccc(C(C)(C)C(C)(C)C)cc4-c4ccccc4)c3)c2)cc1)C([2H])([2H])[2H]. The molecule has 4 heteroatoms. The highest BCUT2D eigenvalue weighted by Crippen LogP contribution is 2.47. The van der Waals surface area contributed by atoms with Gasteiger partial charge in [0, 0.05) is 32.5 Å². The zero-order valence-electron chi connectivity index (χ0n) is 47.6. The number of fused-ring (bicyclic) bond motifs is 1. The van der Waals surface area contributed by atoms with E-state index in [1.165, 1.54) is 17.7 Å². The molecular formula is C64H65N3O. The Kier molecular flexibility index (Phi) is 10.2. The van der Waals surface area contributed by atoms with Gasteiger partial charge in [-0.3, -0.25) is 9.55 Å². The van der Waals surface area contributed by atoms with Gasteiger partial charge in [0.05, 0.1) is 28.0 Å². The van der Waals surface area contributed by atoms with Gasteiger partial charge in [-0.1, -0.05) is 185 Å². The number of aromatic hydroxyl groups is 1. The van der Waals surface area contributed by atoms with Crippen molar-refractivity contribution in [3.63, 3.8) is 0 Å². The topological polar surface area (TPSA) is 50.9 Å². The third kappa shape index (κ3) is 8.69. The number of rotatable bonds is 11. The van der Waals surface area contributed by atoms with Gasteiger partial charge in [0.2, 0.25) is 0 Å². The van der Waals surface area contributed by atoms with Crippen LogP contribution >= 0.6 is 0 Å². The van der Waals surface area contributed by atoms with Gasteiger partial charge in [-0.2, -0.15) is 0 Å². The van der Waals surface area contributed by atoms with E-state index in [1.54, 1.807) is 18.3 Å². The molecule has 0 saturated heterocycles. The molecule has 342 valence electrons. The van der Waals surface area contributed by atoms with E-state index in [0.29, 0.717) is 22.6 Å². The number of imidazole rings is 1. The number of phenols is 1. The Bertz CT molecular complexity index is 3540. The Hall–Kier alpha value is -7.04. The molecular weight excluding hydrogens is 827 g/mol. The van der Waals surface area contributed by atoms with Gasteiger partial charge in [-0.25, -0.2) is 4.98 Å². The lowest BCUT2D eigenvalue weighted by atomic mass is 9.65. The van der Waals surface area contributed by atoms with Gasteiger partial charge in [0.15, 0.2) is 0 Å². The molecule has 2 heterocycles. The fourth-order valence-electron chi connectivity index (χ4n) is 9.11. The van der Waals surface area contributed by atoms with Gasteiger partial charge in [0.1, 0.15) is 11.6 Å². The quantitative estimate of drug-likeness (QED) is 0.141. The average molecular weight is 899 g/mol. The van der Waals surface area contributed by atoms with Gasteiger partial charge >= 0.3 is 0 Å². The summed E-state index contributed by atoms with van der Waals surface area (Å²) < 4.78 is 59.0. The first kappa shape index (κ1) is 38.0. The van der Waals surface area contributed by atoms with Crippen molar-refractivity contribution in [3.05, 3.63) is 192 Å². The Morgan fingerprint density at radius 3 is 1.87 bits per heavy atom. The first-order valence-electron chi connectivity index (χ1n) is 27.2. The normalized spacial score (nSPS) is 14.2. The summed E-state index contributed by atoms with van der Waals surface area (Å²) in [5.41, 5.74) is 14.9. The number of hydrogen-bond donors (Lipinski definition) is 1. The van der Waals surface area contributed by atoms with Gasteiger partial charge in [-0.15, -0.1) is 0 Å². The van der Waals surface area contributed by atoms with Crippen molar-refractivity contribution in [2.45, 2.75) is 99.2 Å². The van der Waals surface area contributed by atoms with E-state index in [2.05, 4.69) is 170 Å². The molecule has 0 saturated carbocycles. The number of pyridine rings is 1. The maximum Gasteiger partial charge on any atom is 0.149 e. The Morgan fingerprint density at radius 1 is 0.544 bits per heavy atom. The molecule has 0 atom stereocenters. The molecule has 0 aliphatic rings. The minimum Gasteiger partial charge on any atom is -0.507 e. The third-order valence-electron chi connectivity index (χ3n) is 14.2. The van der Waals surface area contributed by atoms with Crippen LogP contribution in [0.3, 0.4) is 0 Å². The second kappa shape index (κ2) is 18.2. The van der Waals surface area contributed by atoms with Crippen LogP contribution in [0.4, 0.5) is 0 Å². The molecule has 0 unspecified atom stereocenters. The smallest absolute Gasteiger partial charge is 0.149 e. The van der Waals surface area contributed by atoms with E-state index in [-0.39, 0.29) is 34.0 Å². The van der Waals surface area contributed by atoms with Crippen molar-refractivity contribution in [3.8, 4) is 78.6 Å². The van der Waals surface area contributed by atoms with E-state index in [4.69, 9.17) is 19.6 Å². The van der Waals surface area contributed by atoms with Crippen molar-refractivity contribution in [1.82, 2.24) is 14.5 Å². The van der Waals surface area contributed by atoms with E-state index >= 15 is 0 Å². The monoisotopic (exact) mass is 899 g/mol. The summed E-state index contributed by atoms with van der Waals surface area (Å²) in [5, 5.41) is 12.5. The van der Waals surface area contributed by atoms with Crippen LogP contribution in [0, 0.1) is 5.41 Å². The summed E-state index contributed by atoms with van der Waals surface area (Å²) in [7, 11) is 0. The van der Waals surface area contributed by atoms with Crippen LogP contribution in [0.1, 0.15) is 126 Å². The largest absolute Gasteiger partial charge is 0.507 e. The van der Waals surface area contributed by atoms with Crippen molar-refractivity contribution in [1.29, 1.82) is 0 Å². The second-order valence-electron chi connectivity index (χ2n) is 20.3. The Morgan fingerprint density at radius 2 is 1.21 bits per heavy atom. The molecule has 0 fully saturated rings.